The van der Waals surface area contributed by atoms with Gasteiger partial charge in [-0.2, -0.15) is 0 Å². The number of methoxy groups -OCH3 is 1. The van der Waals surface area contributed by atoms with Gasteiger partial charge in [0.1, 0.15) is 11.6 Å². The smallest absolute Gasteiger partial charge is 0.255 e. The fourth-order valence-electron chi connectivity index (χ4n) is 2.22. The Morgan fingerprint density at radius 2 is 2.09 bits per heavy atom. The zero-order chi connectivity index (χ0) is 16.1. The van der Waals surface area contributed by atoms with Gasteiger partial charge >= 0.3 is 0 Å². The van der Waals surface area contributed by atoms with Crippen molar-refractivity contribution in [3.05, 3.63) is 63.9 Å². The average Bonchev–Trinajstić information content (AvgIpc) is 2.47. The van der Waals surface area contributed by atoms with Crippen molar-refractivity contribution in [2.45, 2.75) is 13.3 Å². The molecule has 0 heterocycles. The Hall–Kier alpha value is -2.07. The van der Waals surface area contributed by atoms with E-state index in [1.165, 1.54) is 18.2 Å². The second kappa shape index (κ2) is 7.27. The van der Waals surface area contributed by atoms with Crippen LogP contribution in [0.1, 0.15) is 21.5 Å². The van der Waals surface area contributed by atoms with Gasteiger partial charge in [0.2, 0.25) is 0 Å². The summed E-state index contributed by atoms with van der Waals surface area (Å²) in [4.78, 5) is 12.0. The van der Waals surface area contributed by atoms with E-state index in [-0.39, 0.29) is 10.6 Å². The van der Waals surface area contributed by atoms with Crippen LogP contribution in [0.4, 0.5) is 4.39 Å². The number of aryl methyl sites for hydroxylation is 1. The van der Waals surface area contributed by atoms with Crippen LogP contribution in [0.25, 0.3) is 0 Å². The highest BCUT2D eigenvalue weighted by molar-refractivity contribution is 6.33. The number of carbonyl (C=O) groups excluding carboxylic acids is 1. The van der Waals surface area contributed by atoms with E-state index < -0.39 is 11.7 Å². The van der Waals surface area contributed by atoms with Crippen molar-refractivity contribution in [2.75, 3.05) is 13.7 Å². The lowest BCUT2D eigenvalue weighted by Crippen LogP contribution is -2.27. The molecule has 0 saturated carbocycles. The molecule has 0 bridgehead atoms. The molecule has 0 fully saturated rings. The maximum atomic E-state index is 13.7. The Kier molecular flexibility index (Phi) is 5.39. The van der Waals surface area contributed by atoms with Crippen molar-refractivity contribution in [3.8, 4) is 5.75 Å². The summed E-state index contributed by atoms with van der Waals surface area (Å²) in [6, 6.07) is 10.0. The molecule has 2 rings (SSSR count). The molecular weight excluding hydrogens is 305 g/mol. The van der Waals surface area contributed by atoms with Gasteiger partial charge in [-0.15, -0.1) is 0 Å². The summed E-state index contributed by atoms with van der Waals surface area (Å²) in [7, 11) is 1.60. The minimum Gasteiger partial charge on any atom is -0.496 e. The van der Waals surface area contributed by atoms with Crippen molar-refractivity contribution >= 4 is 17.5 Å². The fourth-order valence-corrected chi connectivity index (χ4v) is 2.47. The number of benzene rings is 2. The van der Waals surface area contributed by atoms with Crippen LogP contribution in [0, 0.1) is 12.7 Å². The van der Waals surface area contributed by atoms with Gasteiger partial charge in [0.25, 0.3) is 5.91 Å². The number of halogens is 2. The molecule has 0 atom stereocenters. The van der Waals surface area contributed by atoms with E-state index in [0.29, 0.717) is 13.0 Å². The van der Waals surface area contributed by atoms with Crippen molar-refractivity contribution in [2.24, 2.45) is 0 Å². The van der Waals surface area contributed by atoms with Gasteiger partial charge in [0.15, 0.2) is 0 Å². The first-order valence-corrected chi connectivity index (χ1v) is 7.26. The van der Waals surface area contributed by atoms with Crippen molar-refractivity contribution in [1.82, 2.24) is 5.32 Å². The van der Waals surface area contributed by atoms with E-state index in [0.717, 1.165) is 16.9 Å². The van der Waals surface area contributed by atoms with Crippen LogP contribution in [0.3, 0.4) is 0 Å². The molecule has 0 unspecified atom stereocenters. The molecule has 1 N–H and O–H groups in total. The zero-order valence-corrected chi connectivity index (χ0v) is 13.2. The van der Waals surface area contributed by atoms with Crippen LogP contribution in [-0.2, 0) is 6.42 Å². The van der Waals surface area contributed by atoms with Crippen LogP contribution in [0.5, 0.6) is 5.75 Å². The van der Waals surface area contributed by atoms with Gasteiger partial charge < -0.3 is 10.1 Å². The molecule has 0 saturated heterocycles. The number of amides is 1. The minimum absolute atomic E-state index is 0.102. The summed E-state index contributed by atoms with van der Waals surface area (Å²) >= 11 is 5.87. The lowest BCUT2D eigenvalue weighted by atomic mass is 10.1. The molecule has 0 spiro atoms. The maximum absolute atomic E-state index is 13.7. The molecule has 1 amide bonds. The molecule has 116 valence electrons. The third-order valence-corrected chi connectivity index (χ3v) is 3.62. The van der Waals surface area contributed by atoms with E-state index in [1.807, 2.05) is 25.1 Å². The molecule has 0 radical (unpaired) electrons. The monoisotopic (exact) mass is 321 g/mol. The van der Waals surface area contributed by atoms with Crippen LogP contribution in [-0.4, -0.2) is 19.6 Å². The van der Waals surface area contributed by atoms with Crippen molar-refractivity contribution in [1.29, 1.82) is 0 Å². The van der Waals surface area contributed by atoms with Crippen molar-refractivity contribution < 1.29 is 13.9 Å². The molecule has 0 aliphatic carbocycles. The highest BCUT2D eigenvalue weighted by atomic mass is 35.5. The zero-order valence-electron chi connectivity index (χ0n) is 12.5. The number of nitrogens with one attached hydrogen (secondary N) is 1. The molecule has 22 heavy (non-hydrogen) atoms. The summed E-state index contributed by atoms with van der Waals surface area (Å²) in [6.07, 6.45) is 0.586. The highest BCUT2D eigenvalue weighted by Gasteiger charge is 2.15. The Bertz CT molecular complexity index is 668. The summed E-state index contributed by atoms with van der Waals surface area (Å²) in [5.41, 5.74) is 1.97. The SMILES string of the molecule is COc1ccc(C)cc1CCNC(=O)c1c(F)cccc1Cl. The quantitative estimate of drug-likeness (QED) is 0.910. The van der Waals surface area contributed by atoms with E-state index in [1.54, 1.807) is 7.11 Å². The van der Waals surface area contributed by atoms with E-state index in [9.17, 15) is 9.18 Å². The molecule has 3 nitrogen and oxygen atoms in total. The summed E-state index contributed by atoms with van der Waals surface area (Å²) in [5.74, 6) is -0.378. The van der Waals surface area contributed by atoms with Crippen molar-refractivity contribution in [3.63, 3.8) is 0 Å². The number of ether oxygens (including phenoxy) is 1. The van der Waals surface area contributed by atoms with Gasteiger partial charge in [-0.3, -0.25) is 4.79 Å². The molecule has 5 heteroatoms. The summed E-state index contributed by atoms with van der Waals surface area (Å²) in [5, 5.41) is 2.78. The largest absolute Gasteiger partial charge is 0.496 e. The number of hydrogen-bond acceptors (Lipinski definition) is 2. The lowest BCUT2D eigenvalue weighted by molar-refractivity contribution is 0.0950. The van der Waals surface area contributed by atoms with Crippen LogP contribution >= 0.6 is 11.6 Å². The predicted octanol–water partition coefficient (Wildman–Crippen LogP) is 3.77. The molecule has 2 aromatic rings. The van der Waals surface area contributed by atoms with Gasteiger partial charge in [-0.25, -0.2) is 4.39 Å². The van der Waals surface area contributed by atoms with Gasteiger partial charge in [-0.05, 0) is 37.1 Å². The Balaban J connectivity index is 2.02. The number of rotatable bonds is 5. The first-order chi connectivity index (χ1) is 10.5. The summed E-state index contributed by atoms with van der Waals surface area (Å²) < 4.78 is 18.9. The molecule has 0 aromatic heterocycles. The fraction of sp³-hybridized carbons (Fsp3) is 0.235. The van der Waals surface area contributed by atoms with Crippen LogP contribution in [0.15, 0.2) is 36.4 Å². The van der Waals surface area contributed by atoms with Gasteiger partial charge in [0, 0.05) is 6.54 Å². The normalized spacial score (nSPS) is 10.4. The second-order valence-corrected chi connectivity index (χ2v) is 5.33. The minimum atomic E-state index is -0.627. The molecule has 2 aromatic carbocycles. The molecule has 0 aliphatic rings. The Morgan fingerprint density at radius 1 is 1.32 bits per heavy atom. The molecule has 0 aliphatic heterocycles. The maximum Gasteiger partial charge on any atom is 0.255 e. The molecular formula is C17H17ClFNO2. The first-order valence-electron chi connectivity index (χ1n) is 6.88. The van der Waals surface area contributed by atoms with Gasteiger partial charge in [0.05, 0.1) is 17.7 Å². The number of carbonyl (C=O) groups is 1. The van der Waals surface area contributed by atoms with E-state index in [4.69, 9.17) is 16.3 Å². The first kappa shape index (κ1) is 16.3. The van der Waals surface area contributed by atoms with Gasteiger partial charge in [-0.1, -0.05) is 35.4 Å². The second-order valence-electron chi connectivity index (χ2n) is 4.92. The third-order valence-electron chi connectivity index (χ3n) is 3.31. The van der Waals surface area contributed by atoms with Crippen LogP contribution < -0.4 is 10.1 Å². The van der Waals surface area contributed by atoms with E-state index >= 15 is 0 Å². The third kappa shape index (κ3) is 3.77. The van der Waals surface area contributed by atoms with E-state index in [2.05, 4.69) is 5.32 Å². The highest BCUT2D eigenvalue weighted by Crippen LogP contribution is 2.21. The lowest BCUT2D eigenvalue weighted by Gasteiger charge is -2.11. The Morgan fingerprint density at radius 3 is 2.77 bits per heavy atom. The number of hydrogen-bond donors (Lipinski definition) is 1. The summed E-state index contributed by atoms with van der Waals surface area (Å²) in [6.45, 7) is 2.35. The topological polar surface area (TPSA) is 38.3 Å². The Labute approximate surface area is 134 Å². The van der Waals surface area contributed by atoms with Crippen LogP contribution in [0.2, 0.25) is 5.02 Å². The standard InChI is InChI=1S/C17H17ClFNO2/c1-11-6-7-15(22-2)12(10-11)8-9-20-17(21)16-13(18)4-3-5-14(16)19/h3-7,10H,8-9H2,1-2H3,(H,20,21). The predicted molar refractivity (Wildman–Crippen MR) is 85.2 cm³/mol. The average molecular weight is 322 g/mol.